The molecule has 0 bridgehead atoms. The Kier molecular flexibility index (Phi) is 3.40. The first-order chi connectivity index (χ1) is 7.81. The van der Waals surface area contributed by atoms with E-state index in [1.165, 1.54) is 21.9 Å². The highest BCUT2D eigenvalue weighted by molar-refractivity contribution is 5.85. The Morgan fingerprint density at radius 1 is 1.06 bits per heavy atom. The SMILES string of the molecule is C/C=C(/C)CCc1cccc2ccccc12. The van der Waals surface area contributed by atoms with Gasteiger partial charge in [0, 0.05) is 0 Å². The van der Waals surface area contributed by atoms with E-state index < -0.39 is 0 Å². The minimum Gasteiger partial charge on any atom is -0.0887 e. The maximum absolute atomic E-state index is 2.24. The maximum Gasteiger partial charge on any atom is -0.0152 e. The topological polar surface area (TPSA) is 0 Å². The summed E-state index contributed by atoms with van der Waals surface area (Å²) in [6.07, 6.45) is 4.49. The van der Waals surface area contributed by atoms with Crippen molar-refractivity contribution < 1.29 is 0 Å². The zero-order valence-corrected chi connectivity index (χ0v) is 10.0. The molecule has 0 unspecified atom stereocenters. The maximum atomic E-state index is 2.24. The number of hydrogen-bond acceptors (Lipinski definition) is 0. The predicted molar refractivity (Wildman–Crippen MR) is 71.7 cm³/mol. The van der Waals surface area contributed by atoms with Crippen molar-refractivity contribution >= 4 is 10.8 Å². The van der Waals surface area contributed by atoms with Crippen molar-refractivity contribution in [3.05, 3.63) is 59.7 Å². The largest absolute Gasteiger partial charge is 0.0887 e. The summed E-state index contributed by atoms with van der Waals surface area (Å²) in [6.45, 7) is 4.31. The van der Waals surface area contributed by atoms with Crippen LogP contribution >= 0.6 is 0 Å². The standard InChI is InChI=1S/C16H18/c1-3-13(2)11-12-15-9-6-8-14-7-4-5-10-16(14)15/h3-10H,11-12H2,1-2H3/b13-3-. The van der Waals surface area contributed by atoms with Crippen molar-refractivity contribution in [3.63, 3.8) is 0 Å². The van der Waals surface area contributed by atoms with Gasteiger partial charge in [0.15, 0.2) is 0 Å². The molecule has 0 aliphatic heterocycles. The number of rotatable bonds is 3. The van der Waals surface area contributed by atoms with Crippen LogP contribution in [0.15, 0.2) is 54.1 Å². The molecule has 0 aliphatic carbocycles. The Bertz CT molecular complexity index is 501. The summed E-state index contributed by atoms with van der Waals surface area (Å²) in [6, 6.07) is 15.2. The smallest absolute Gasteiger partial charge is 0.0152 e. The number of benzene rings is 2. The van der Waals surface area contributed by atoms with Crippen LogP contribution in [0.5, 0.6) is 0 Å². The molecule has 82 valence electrons. The van der Waals surface area contributed by atoms with Gasteiger partial charge >= 0.3 is 0 Å². The second-order valence-corrected chi connectivity index (χ2v) is 4.27. The second kappa shape index (κ2) is 4.98. The van der Waals surface area contributed by atoms with Crippen LogP contribution in [0.25, 0.3) is 10.8 Å². The molecule has 2 aromatic carbocycles. The van der Waals surface area contributed by atoms with Gasteiger partial charge < -0.3 is 0 Å². The lowest BCUT2D eigenvalue weighted by Crippen LogP contribution is -1.88. The van der Waals surface area contributed by atoms with E-state index in [2.05, 4.69) is 62.4 Å². The second-order valence-electron chi connectivity index (χ2n) is 4.27. The number of fused-ring (bicyclic) bond motifs is 1. The summed E-state index contributed by atoms with van der Waals surface area (Å²) >= 11 is 0. The fourth-order valence-electron chi connectivity index (χ4n) is 1.99. The fraction of sp³-hybridized carbons (Fsp3) is 0.250. The Balaban J connectivity index is 2.30. The van der Waals surface area contributed by atoms with Gasteiger partial charge in [-0.2, -0.15) is 0 Å². The highest BCUT2D eigenvalue weighted by Crippen LogP contribution is 2.20. The van der Waals surface area contributed by atoms with Crippen molar-refractivity contribution in [3.8, 4) is 0 Å². The summed E-state index contributed by atoms with van der Waals surface area (Å²) < 4.78 is 0. The molecule has 0 amide bonds. The Hall–Kier alpha value is -1.56. The quantitative estimate of drug-likeness (QED) is 0.642. The van der Waals surface area contributed by atoms with Gasteiger partial charge in [-0.25, -0.2) is 0 Å². The van der Waals surface area contributed by atoms with Crippen LogP contribution in [-0.4, -0.2) is 0 Å². The van der Waals surface area contributed by atoms with Crippen LogP contribution in [0, 0.1) is 0 Å². The van der Waals surface area contributed by atoms with Gasteiger partial charge in [0.25, 0.3) is 0 Å². The molecule has 2 aromatic rings. The molecular formula is C16H18. The van der Waals surface area contributed by atoms with E-state index in [9.17, 15) is 0 Å². The molecule has 0 aliphatic rings. The zero-order valence-electron chi connectivity index (χ0n) is 10.0. The van der Waals surface area contributed by atoms with E-state index in [1.807, 2.05) is 0 Å². The van der Waals surface area contributed by atoms with Crippen LogP contribution in [0.1, 0.15) is 25.8 Å². The molecule has 0 atom stereocenters. The van der Waals surface area contributed by atoms with Crippen molar-refractivity contribution in [1.29, 1.82) is 0 Å². The summed E-state index contributed by atoms with van der Waals surface area (Å²) in [5.74, 6) is 0. The third-order valence-corrected chi connectivity index (χ3v) is 3.16. The summed E-state index contributed by atoms with van der Waals surface area (Å²) in [5, 5.41) is 2.74. The minimum absolute atomic E-state index is 1.14. The van der Waals surface area contributed by atoms with E-state index in [0.29, 0.717) is 0 Å². The van der Waals surface area contributed by atoms with Crippen LogP contribution in [0.2, 0.25) is 0 Å². The van der Waals surface area contributed by atoms with Gasteiger partial charge in [0.05, 0.1) is 0 Å². The van der Waals surface area contributed by atoms with Crippen molar-refractivity contribution in [1.82, 2.24) is 0 Å². The summed E-state index contributed by atoms with van der Waals surface area (Å²) in [5.41, 5.74) is 2.92. The average Bonchev–Trinajstić information content (AvgIpc) is 2.35. The first-order valence-electron chi connectivity index (χ1n) is 5.89. The first kappa shape index (κ1) is 10.9. The summed E-state index contributed by atoms with van der Waals surface area (Å²) in [4.78, 5) is 0. The van der Waals surface area contributed by atoms with Gasteiger partial charge in [-0.3, -0.25) is 0 Å². The van der Waals surface area contributed by atoms with Gasteiger partial charge in [0.2, 0.25) is 0 Å². The molecule has 0 aromatic heterocycles. The highest BCUT2D eigenvalue weighted by atomic mass is 14.0. The van der Waals surface area contributed by atoms with Gasteiger partial charge in [-0.15, -0.1) is 0 Å². The molecule has 16 heavy (non-hydrogen) atoms. The molecular weight excluding hydrogens is 192 g/mol. The molecule has 0 fully saturated rings. The van der Waals surface area contributed by atoms with Crippen LogP contribution < -0.4 is 0 Å². The van der Waals surface area contributed by atoms with Gasteiger partial charge in [-0.05, 0) is 43.0 Å². The lowest BCUT2D eigenvalue weighted by Gasteiger charge is -2.06. The van der Waals surface area contributed by atoms with Crippen LogP contribution in [0.3, 0.4) is 0 Å². The third-order valence-electron chi connectivity index (χ3n) is 3.16. The molecule has 0 saturated carbocycles. The van der Waals surface area contributed by atoms with E-state index in [0.717, 1.165) is 12.8 Å². The van der Waals surface area contributed by atoms with Crippen LogP contribution in [0.4, 0.5) is 0 Å². The van der Waals surface area contributed by atoms with E-state index in [4.69, 9.17) is 0 Å². The van der Waals surface area contributed by atoms with Crippen molar-refractivity contribution in [2.45, 2.75) is 26.7 Å². The monoisotopic (exact) mass is 210 g/mol. The molecule has 0 nitrogen and oxygen atoms in total. The molecule has 0 radical (unpaired) electrons. The molecule has 0 N–H and O–H groups in total. The zero-order chi connectivity index (χ0) is 11.4. The van der Waals surface area contributed by atoms with Crippen molar-refractivity contribution in [2.75, 3.05) is 0 Å². The number of allylic oxidation sites excluding steroid dienone is 2. The summed E-state index contributed by atoms with van der Waals surface area (Å²) in [7, 11) is 0. The molecule has 0 saturated heterocycles. The van der Waals surface area contributed by atoms with Gasteiger partial charge in [-0.1, -0.05) is 54.1 Å². The average molecular weight is 210 g/mol. The van der Waals surface area contributed by atoms with Crippen molar-refractivity contribution in [2.24, 2.45) is 0 Å². The number of hydrogen-bond donors (Lipinski definition) is 0. The minimum atomic E-state index is 1.14. The normalized spacial score (nSPS) is 12.0. The third kappa shape index (κ3) is 2.33. The molecule has 2 rings (SSSR count). The van der Waals surface area contributed by atoms with Crippen LogP contribution in [-0.2, 0) is 6.42 Å². The molecule has 0 heterocycles. The highest BCUT2D eigenvalue weighted by Gasteiger charge is 1.99. The van der Waals surface area contributed by atoms with E-state index in [-0.39, 0.29) is 0 Å². The Morgan fingerprint density at radius 3 is 2.62 bits per heavy atom. The fourth-order valence-corrected chi connectivity index (χ4v) is 1.99. The van der Waals surface area contributed by atoms with E-state index >= 15 is 0 Å². The molecule has 0 heteroatoms. The van der Waals surface area contributed by atoms with Gasteiger partial charge in [0.1, 0.15) is 0 Å². The number of aryl methyl sites for hydroxylation is 1. The molecule has 0 spiro atoms. The predicted octanol–water partition coefficient (Wildman–Crippen LogP) is 4.74. The first-order valence-corrected chi connectivity index (χ1v) is 5.89. The van der Waals surface area contributed by atoms with E-state index in [1.54, 1.807) is 0 Å². The lowest BCUT2D eigenvalue weighted by atomic mass is 9.99. The lowest BCUT2D eigenvalue weighted by molar-refractivity contribution is 0.946. The Labute approximate surface area is 97.6 Å². The Morgan fingerprint density at radius 2 is 1.81 bits per heavy atom.